The maximum Gasteiger partial charge on any atom is 0.227 e. The number of nitrogens with zero attached hydrogens (tertiary/aromatic N) is 2. The Hall–Kier alpha value is -1.73. The average Bonchev–Trinajstić information content (AvgIpc) is 2.88. The number of hydrogen-bond donors (Lipinski definition) is 0. The number of benzene rings is 1. The lowest BCUT2D eigenvalue weighted by molar-refractivity contribution is -0.140. The maximum atomic E-state index is 14.3. The number of halogens is 2. The SMILES string of the molecule is COCCN1C(=O)[C@@H]2CC[C@H]1CN(Cc1c(OC)ccc(F)c1F)C2. The first-order chi connectivity index (χ1) is 12.0. The lowest BCUT2D eigenvalue weighted by Gasteiger charge is -2.35. The van der Waals surface area contributed by atoms with Crippen LogP contribution in [0.4, 0.5) is 8.78 Å². The second kappa shape index (κ2) is 7.66. The molecule has 3 saturated heterocycles. The molecule has 1 aromatic rings. The van der Waals surface area contributed by atoms with Crippen molar-refractivity contribution >= 4 is 5.91 Å². The van der Waals surface area contributed by atoms with Gasteiger partial charge in [0.25, 0.3) is 0 Å². The number of carbonyl (C=O) groups is 1. The van der Waals surface area contributed by atoms with Crippen LogP contribution >= 0.6 is 0 Å². The third-order valence-corrected chi connectivity index (χ3v) is 5.16. The summed E-state index contributed by atoms with van der Waals surface area (Å²) in [5.41, 5.74) is 0.208. The molecule has 0 radical (unpaired) electrons. The van der Waals surface area contributed by atoms with E-state index < -0.39 is 11.6 Å². The van der Waals surface area contributed by atoms with Gasteiger partial charge >= 0.3 is 0 Å². The van der Waals surface area contributed by atoms with Crippen LogP contribution in [0.2, 0.25) is 0 Å². The highest BCUT2D eigenvalue weighted by Crippen LogP contribution is 2.32. The molecular formula is C18H24F2N2O3. The summed E-state index contributed by atoms with van der Waals surface area (Å²) in [6.45, 7) is 2.50. The highest BCUT2D eigenvalue weighted by atomic mass is 19.2. The summed E-state index contributed by atoms with van der Waals surface area (Å²) >= 11 is 0. The largest absolute Gasteiger partial charge is 0.496 e. The summed E-state index contributed by atoms with van der Waals surface area (Å²) in [7, 11) is 3.06. The lowest BCUT2D eigenvalue weighted by Crippen LogP contribution is -2.49. The number of amides is 1. The summed E-state index contributed by atoms with van der Waals surface area (Å²) in [6, 6.07) is 2.60. The predicted octanol–water partition coefficient (Wildman–Crippen LogP) is 2.04. The zero-order chi connectivity index (χ0) is 18.0. The number of ether oxygens (including phenoxy) is 2. The molecule has 0 aliphatic carbocycles. The molecule has 0 saturated carbocycles. The Morgan fingerprint density at radius 3 is 2.72 bits per heavy atom. The Labute approximate surface area is 146 Å². The first-order valence-electron chi connectivity index (χ1n) is 8.57. The molecule has 3 heterocycles. The molecule has 1 amide bonds. The molecule has 4 rings (SSSR count). The van der Waals surface area contributed by atoms with Crippen molar-refractivity contribution < 1.29 is 23.0 Å². The van der Waals surface area contributed by atoms with Crippen LogP contribution in [0.5, 0.6) is 5.75 Å². The van der Waals surface area contributed by atoms with Crippen LogP contribution in [0.15, 0.2) is 12.1 Å². The van der Waals surface area contributed by atoms with Crippen LogP contribution in [0, 0.1) is 17.6 Å². The van der Waals surface area contributed by atoms with E-state index in [4.69, 9.17) is 9.47 Å². The van der Waals surface area contributed by atoms with E-state index in [1.54, 1.807) is 7.11 Å². The molecule has 2 atom stereocenters. The van der Waals surface area contributed by atoms with E-state index >= 15 is 0 Å². The van der Waals surface area contributed by atoms with Gasteiger partial charge in [-0.2, -0.15) is 0 Å². The molecule has 2 bridgehead atoms. The smallest absolute Gasteiger partial charge is 0.227 e. The van der Waals surface area contributed by atoms with Crippen molar-refractivity contribution in [3.05, 3.63) is 29.3 Å². The first kappa shape index (κ1) is 18.1. The monoisotopic (exact) mass is 354 g/mol. The lowest BCUT2D eigenvalue weighted by atomic mass is 9.94. The standard InChI is InChI=1S/C18H24F2N2O3/c1-24-8-7-22-13-4-3-12(18(22)23)9-21(10-13)11-14-16(25-2)6-5-15(19)17(14)20/h5-6,12-13H,3-4,7-11H2,1-2H3/t12-,13+/m1/s1. The fourth-order valence-corrected chi connectivity index (χ4v) is 3.88. The molecule has 0 aromatic heterocycles. The molecule has 25 heavy (non-hydrogen) atoms. The predicted molar refractivity (Wildman–Crippen MR) is 88.3 cm³/mol. The first-order valence-corrected chi connectivity index (χ1v) is 8.57. The fraction of sp³-hybridized carbons (Fsp3) is 0.611. The topological polar surface area (TPSA) is 42.0 Å². The van der Waals surface area contributed by atoms with Crippen LogP contribution in [0.3, 0.4) is 0 Å². The number of carbonyl (C=O) groups excluding carboxylic acids is 1. The van der Waals surface area contributed by atoms with Crippen molar-refractivity contribution in [2.45, 2.75) is 25.4 Å². The zero-order valence-corrected chi connectivity index (χ0v) is 14.6. The molecule has 3 fully saturated rings. The van der Waals surface area contributed by atoms with E-state index in [-0.39, 0.29) is 30.0 Å². The number of piperidine rings is 1. The molecule has 0 spiro atoms. The molecule has 3 aliphatic rings. The van der Waals surface area contributed by atoms with Gasteiger partial charge < -0.3 is 14.4 Å². The molecular weight excluding hydrogens is 330 g/mol. The van der Waals surface area contributed by atoms with Gasteiger partial charge in [0.1, 0.15) is 5.75 Å². The average molecular weight is 354 g/mol. The molecule has 0 N–H and O–H groups in total. The fourth-order valence-electron chi connectivity index (χ4n) is 3.88. The minimum Gasteiger partial charge on any atom is -0.496 e. The van der Waals surface area contributed by atoms with Gasteiger partial charge in [-0.05, 0) is 25.0 Å². The summed E-state index contributed by atoms with van der Waals surface area (Å²) in [4.78, 5) is 16.6. The number of fused-ring (bicyclic) bond motifs is 4. The Morgan fingerprint density at radius 2 is 2.00 bits per heavy atom. The molecule has 5 nitrogen and oxygen atoms in total. The summed E-state index contributed by atoms with van der Waals surface area (Å²) in [5, 5.41) is 0. The normalized spacial score (nSPS) is 23.8. The van der Waals surface area contributed by atoms with Crippen LogP contribution in [-0.2, 0) is 16.1 Å². The maximum absolute atomic E-state index is 14.3. The number of rotatable bonds is 6. The van der Waals surface area contributed by atoms with E-state index in [1.807, 2.05) is 9.80 Å². The van der Waals surface area contributed by atoms with Crippen molar-refractivity contribution in [3.63, 3.8) is 0 Å². The summed E-state index contributed by atoms with van der Waals surface area (Å²) < 4.78 is 38.2. The zero-order valence-electron chi connectivity index (χ0n) is 14.6. The van der Waals surface area contributed by atoms with Crippen molar-refractivity contribution in [1.82, 2.24) is 9.80 Å². The highest BCUT2D eigenvalue weighted by Gasteiger charge is 2.40. The van der Waals surface area contributed by atoms with Gasteiger partial charge in [0.15, 0.2) is 11.6 Å². The second-order valence-electron chi connectivity index (χ2n) is 6.69. The van der Waals surface area contributed by atoms with E-state index in [9.17, 15) is 13.6 Å². The van der Waals surface area contributed by atoms with Crippen molar-refractivity contribution in [2.24, 2.45) is 5.92 Å². The van der Waals surface area contributed by atoms with Crippen molar-refractivity contribution in [3.8, 4) is 5.75 Å². The van der Waals surface area contributed by atoms with Crippen LogP contribution in [0.1, 0.15) is 18.4 Å². The van der Waals surface area contributed by atoms with Gasteiger partial charge in [0.2, 0.25) is 5.91 Å². The molecule has 3 aliphatic heterocycles. The van der Waals surface area contributed by atoms with Crippen LogP contribution < -0.4 is 4.74 Å². The molecule has 7 heteroatoms. The van der Waals surface area contributed by atoms with Crippen molar-refractivity contribution in [2.75, 3.05) is 40.5 Å². The van der Waals surface area contributed by atoms with E-state index in [1.165, 1.54) is 13.2 Å². The van der Waals surface area contributed by atoms with Gasteiger partial charge in [-0.3, -0.25) is 9.69 Å². The quantitative estimate of drug-likeness (QED) is 0.784. The van der Waals surface area contributed by atoms with E-state index in [2.05, 4.69) is 0 Å². The van der Waals surface area contributed by atoms with Crippen molar-refractivity contribution in [1.29, 1.82) is 0 Å². The third kappa shape index (κ3) is 3.62. The van der Waals surface area contributed by atoms with E-state index in [0.717, 1.165) is 18.9 Å². The van der Waals surface area contributed by atoms with Gasteiger partial charge in [-0.25, -0.2) is 8.78 Å². The second-order valence-corrected chi connectivity index (χ2v) is 6.69. The van der Waals surface area contributed by atoms with E-state index in [0.29, 0.717) is 32.0 Å². The van der Waals surface area contributed by atoms with Crippen LogP contribution in [-0.4, -0.2) is 62.2 Å². The Morgan fingerprint density at radius 1 is 1.20 bits per heavy atom. The minimum absolute atomic E-state index is 0.0871. The highest BCUT2D eigenvalue weighted by molar-refractivity contribution is 5.80. The van der Waals surface area contributed by atoms with Gasteiger partial charge in [-0.15, -0.1) is 0 Å². The van der Waals surface area contributed by atoms with Gasteiger partial charge in [-0.1, -0.05) is 0 Å². The molecule has 0 unspecified atom stereocenters. The summed E-state index contributed by atoms with van der Waals surface area (Å²) in [6.07, 6.45) is 1.77. The van der Waals surface area contributed by atoms with Crippen LogP contribution in [0.25, 0.3) is 0 Å². The number of methoxy groups -OCH3 is 2. The molecule has 138 valence electrons. The third-order valence-electron chi connectivity index (χ3n) is 5.16. The Balaban J connectivity index is 1.80. The van der Waals surface area contributed by atoms with Gasteiger partial charge in [0.05, 0.1) is 19.6 Å². The number of hydrogen-bond acceptors (Lipinski definition) is 4. The minimum atomic E-state index is -0.883. The summed E-state index contributed by atoms with van der Waals surface area (Å²) in [5.74, 6) is -1.39. The Kier molecular flexibility index (Phi) is 5.54. The molecule has 1 aromatic carbocycles. The Bertz CT molecular complexity index is 641. The van der Waals surface area contributed by atoms with Gasteiger partial charge in [0, 0.05) is 44.9 Å².